The minimum Gasteiger partial charge on any atom is -0.453 e. The Bertz CT molecular complexity index is 137. The topological polar surface area (TPSA) is 38.3 Å². The second kappa shape index (κ2) is 7.90. The number of methoxy groups -OCH3 is 1. The maximum absolute atomic E-state index is 10.8. The Morgan fingerprint density at radius 3 is 2.62 bits per heavy atom. The van der Waals surface area contributed by atoms with Crippen LogP contribution in [0.3, 0.4) is 0 Å². The molecule has 78 valence electrons. The SMILES string of the molecule is CCCCCCC(C)NC(=O)OC. The molecule has 0 aromatic carbocycles. The monoisotopic (exact) mass is 187 g/mol. The molecule has 1 N–H and O–H groups in total. The minimum absolute atomic E-state index is 0.226. The van der Waals surface area contributed by atoms with Crippen molar-refractivity contribution < 1.29 is 9.53 Å². The molecule has 0 rings (SSSR count). The predicted molar refractivity (Wildman–Crippen MR) is 53.8 cm³/mol. The summed E-state index contributed by atoms with van der Waals surface area (Å²) in [7, 11) is 1.39. The van der Waals surface area contributed by atoms with E-state index in [2.05, 4.69) is 17.0 Å². The van der Waals surface area contributed by atoms with Gasteiger partial charge < -0.3 is 10.1 Å². The molecule has 3 heteroatoms. The molecule has 0 aliphatic rings. The average Bonchev–Trinajstić information content (AvgIpc) is 2.12. The molecular formula is C10H21NO2. The molecular weight excluding hydrogens is 166 g/mol. The zero-order chi connectivity index (χ0) is 10.1. The van der Waals surface area contributed by atoms with Crippen LogP contribution in [-0.2, 0) is 4.74 Å². The van der Waals surface area contributed by atoms with E-state index in [0.717, 1.165) is 6.42 Å². The van der Waals surface area contributed by atoms with Gasteiger partial charge in [-0.3, -0.25) is 0 Å². The van der Waals surface area contributed by atoms with Crippen molar-refractivity contribution in [2.75, 3.05) is 7.11 Å². The Morgan fingerprint density at radius 1 is 1.38 bits per heavy atom. The third-order valence-electron chi connectivity index (χ3n) is 2.04. The van der Waals surface area contributed by atoms with E-state index in [1.165, 1.54) is 32.8 Å². The zero-order valence-corrected chi connectivity index (χ0v) is 8.93. The highest BCUT2D eigenvalue weighted by Gasteiger charge is 2.05. The predicted octanol–water partition coefficient (Wildman–Crippen LogP) is 2.70. The van der Waals surface area contributed by atoms with E-state index in [-0.39, 0.29) is 12.1 Å². The molecule has 0 radical (unpaired) electrons. The first-order valence-electron chi connectivity index (χ1n) is 5.05. The molecule has 0 bridgehead atoms. The lowest BCUT2D eigenvalue weighted by Crippen LogP contribution is -2.32. The molecule has 0 aromatic rings. The zero-order valence-electron chi connectivity index (χ0n) is 8.93. The number of hydrogen-bond acceptors (Lipinski definition) is 2. The van der Waals surface area contributed by atoms with Crippen molar-refractivity contribution in [3.63, 3.8) is 0 Å². The largest absolute Gasteiger partial charge is 0.453 e. The first-order chi connectivity index (χ1) is 6.20. The first kappa shape index (κ1) is 12.3. The van der Waals surface area contributed by atoms with Gasteiger partial charge in [0.15, 0.2) is 0 Å². The van der Waals surface area contributed by atoms with Crippen LogP contribution in [0.2, 0.25) is 0 Å². The quantitative estimate of drug-likeness (QED) is 0.649. The van der Waals surface area contributed by atoms with Gasteiger partial charge in [-0.1, -0.05) is 32.6 Å². The van der Waals surface area contributed by atoms with Crippen molar-refractivity contribution in [2.45, 2.75) is 52.0 Å². The Kier molecular flexibility index (Phi) is 7.45. The maximum atomic E-state index is 10.8. The van der Waals surface area contributed by atoms with Crippen LogP contribution >= 0.6 is 0 Å². The van der Waals surface area contributed by atoms with Gasteiger partial charge in [-0.25, -0.2) is 4.79 Å². The lowest BCUT2D eigenvalue weighted by atomic mass is 10.1. The van der Waals surface area contributed by atoms with Crippen LogP contribution in [0.1, 0.15) is 46.0 Å². The average molecular weight is 187 g/mol. The molecule has 1 atom stereocenters. The number of rotatable bonds is 6. The molecule has 3 nitrogen and oxygen atoms in total. The summed E-state index contributed by atoms with van der Waals surface area (Å²) in [6.45, 7) is 4.19. The Morgan fingerprint density at radius 2 is 2.08 bits per heavy atom. The Hall–Kier alpha value is -0.730. The lowest BCUT2D eigenvalue weighted by molar-refractivity contribution is 0.166. The van der Waals surface area contributed by atoms with Gasteiger partial charge in [0.2, 0.25) is 0 Å². The number of nitrogens with one attached hydrogen (secondary N) is 1. The molecule has 0 aliphatic carbocycles. The van der Waals surface area contributed by atoms with Crippen molar-refractivity contribution in [2.24, 2.45) is 0 Å². The summed E-state index contributed by atoms with van der Waals surface area (Å²) in [5.41, 5.74) is 0. The van der Waals surface area contributed by atoms with E-state index >= 15 is 0 Å². The van der Waals surface area contributed by atoms with Crippen LogP contribution in [0.15, 0.2) is 0 Å². The van der Waals surface area contributed by atoms with Gasteiger partial charge in [-0.2, -0.15) is 0 Å². The van der Waals surface area contributed by atoms with Crippen LogP contribution < -0.4 is 5.32 Å². The van der Waals surface area contributed by atoms with Crippen LogP contribution in [0.4, 0.5) is 4.79 Å². The molecule has 0 fully saturated rings. The van der Waals surface area contributed by atoms with Gasteiger partial charge in [0.1, 0.15) is 0 Å². The summed E-state index contributed by atoms with van der Waals surface area (Å²) < 4.78 is 4.50. The molecule has 0 aromatic heterocycles. The van der Waals surface area contributed by atoms with Crippen molar-refractivity contribution in [3.8, 4) is 0 Å². The third-order valence-corrected chi connectivity index (χ3v) is 2.04. The summed E-state index contributed by atoms with van der Waals surface area (Å²) in [4.78, 5) is 10.8. The van der Waals surface area contributed by atoms with Gasteiger partial charge in [0.25, 0.3) is 0 Å². The van der Waals surface area contributed by atoms with E-state index in [1.54, 1.807) is 0 Å². The molecule has 0 saturated carbocycles. The number of unbranched alkanes of at least 4 members (excludes halogenated alkanes) is 3. The standard InChI is InChI=1S/C10H21NO2/c1-4-5-6-7-8-9(2)11-10(12)13-3/h9H,4-8H2,1-3H3,(H,11,12). The summed E-state index contributed by atoms with van der Waals surface area (Å²) in [5, 5.41) is 2.75. The summed E-state index contributed by atoms with van der Waals surface area (Å²) in [6, 6.07) is 0.226. The lowest BCUT2D eigenvalue weighted by Gasteiger charge is -2.11. The number of alkyl carbamates (subject to hydrolysis) is 1. The van der Waals surface area contributed by atoms with Crippen LogP contribution in [0, 0.1) is 0 Å². The van der Waals surface area contributed by atoms with Gasteiger partial charge in [-0.05, 0) is 13.3 Å². The number of carbonyl (C=O) groups is 1. The normalized spacial score (nSPS) is 12.2. The number of ether oxygens (including phenoxy) is 1. The fourth-order valence-electron chi connectivity index (χ4n) is 1.21. The number of carbonyl (C=O) groups excluding carboxylic acids is 1. The molecule has 0 heterocycles. The highest BCUT2D eigenvalue weighted by molar-refractivity contribution is 5.67. The van der Waals surface area contributed by atoms with Crippen LogP contribution in [0.5, 0.6) is 0 Å². The van der Waals surface area contributed by atoms with E-state index < -0.39 is 0 Å². The number of hydrogen-bond donors (Lipinski definition) is 1. The van der Waals surface area contributed by atoms with Crippen molar-refractivity contribution >= 4 is 6.09 Å². The first-order valence-corrected chi connectivity index (χ1v) is 5.05. The van der Waals surface area contributed by atoms with E-state index in [9.17, 15) is 4.79 Å². The second-order valence-corrected chi connectivity index (χ2v) is 3.39. The smallest absolute Gasteiger partial charge is 0.407 e. The molecule has 0 aliphatic heterocycles. The molecule has 0 saturated heterocycles. The van der Waals surface area contributed by atoms with E-state index in [0.29, 0.717) is 0 Å². The van der Waals surface area contributed by atoms with E-state index in [1.807, 2.05) is 6.92 Å². The van der Waals surface area contributed by atoms with E-state index in [4.69, 9.17) is 0 Å². The van der Waals surface area contributed by atoms with Crippen molar-refractivity contribution in [1.82, 2.24) is 5.32 Å². The Balaban J connectivity index is 3.29. The van der Waals surface area contributed by atoms with Gasteiger partial charge in [0, 0.05) is 6.04 Å². The summed E-state index contributed by atoms with van der Waals surface area (Å²) in [6.07, 6.45) is 5.67. The minimum atomic E-state index is -0.331. The van der Waals surface area contributed by atoms with Crippen molar-refractivity contribution in [3.05, 3.63) is 0 Å². The molecule has 1 amide bonds. The van der Waals surface area contributed by atoms with Gasteiger partial charge >= 0.3 is 6.09 Å². The van der Waals surface area contributed by atoms with Gasteiger partial charge in [-0.15, -0.1) is 0 Å². The second-order valence-electron chi connectivity index (χ2n) is 3.39. The third kappa shape index (κ3) is 7.62. The highest BCUT2D eigenvalue weighted by atomic mass is 16.5. The summed E-state index contributed by atoms with van der Waals surface area (Å²) >= 11 is 0. The van der Waals surface area contributed by atoms with Crippen molar-refractivity contribution in [1.29, 1.82) is 0 Å². The molecule has 0 spiro atoms. The number of amides is 1. The molecule has 13 heavy (non-hydrogen) atoms. The molecule has 1 unspecified atom stereocenters. The fourth-order valence-corrected chi connectivity index (χ4v) is 1.21. The van der Waals surface area contributed by atoms with Crippen LogP contribution in [0.25, 0.3) is 0 Å². The maximum Gasteiger partial charge on any atom is 0.407 e. The summed E-state index contributed by atoms with van der Waals surface area (Å²) in [5.74, 6) is 0. The van der Waals surface area contributed by atoms with Gasteiger partial charge in [0.05, 0.1) is 7.11 Å². The van der Waals surface area contributed by atoms with Crippen LogP contribution in [-0.4, -0.2) is 19.2 Å². The fraction of sp³-hybridized carbons (Fsp3) is 0.900. The highest BCUT2D eigenvalue weighted by Crippen LogP contribution is 2.05. The Labute approximate surface area is 80.8 Å².